The molecule has 1 aromatic carbocycles. The lowest BCUT2D eigenvalue weighted by molar-refractivity contribution is 0.0954. The van der Waals surface area contributed by atoms with Crippen LogP contribution in [0.25, 0.3) is 0 Å². The summed E-state index contributed by atoms with van der Waals surface area (Å²) < 4.78 is 10.4. The van der Waals surface area contributed by atoms with Crippen LogP contribution in [0.3, 0.4) is 0 Å². The van der Waals surface area contributed by atoms with Gasteiger partial charge in [-0.25, -0.2) is 5.43 Å². The van der Waals surface area contributed by atoms with Crippen LogP contribution in [0, 0.1) is 0 Å². The zero-order valence-corrected chi connectivity index (χ0v) is 11.4. The van der Waals surface area contributed by atoms with E-state index in [1.807, 2.05) is 12.1 Å². The molecule has 1 aliphatic rings. The van der Waals surface area contributed by atoms with Crippen molar-refractivity contribution in [3.63, 3.8) is 0 Å². The van der Waals surface area contributed by atoms with Gasteiger partial charge < -0.3 is 9.47 Å². The Morgan fingerprint density at radius 1 is 1.24 bits per heavy atom. The molecule has 1 aromatic heterocycles. The third-order valence-corrected chi connectivity index (χ3v) is 3.04. The molecule has 1 N–H and O–H groups in total. The molecule has 0 fully saturated rings. The number of nitrogens with one attached hydrogen (secondary N) is 1. The van der Waals surface area contributed by atoms with Gasteiger partial charge in [-0.05, 0) is 31.2 Å². The molecule has 0 radical (unpaired) electrons. The van der Waals surface area contributed by atoms with Gasteiger partial charge in [0.05, 0.1) is 5.71 Å². The van der Waals surface area contributed by atoms with Gasteiger partial charge in [0.2, 0.25) is 6.79 Å². The van der Waals surface area contributed by atoms with Gasteiger partial charge in [0.15, 0.2) is 11.5 Å². The first kappa shape index (κ1) is 13.1. The molecular weight excluding hydrogens is 270 g/mol. The Hall–Kier alpha value is -2.89. The average Bonchev–Trinajstić information content (AvgIpc) is 3.00. The minimum absolute atomic E-state index is 0.179. The van der Waals surface area contributed by atoms with Gasteiger partial charge in [0.1, 0.15) is 0 Å². The summed E-state index contributed by atoms with van der Waals surface area (Å²) in [4.78, 5) is 16.1. The van der Waals surface area contributed by atoms with Crippen LogP contribution >= 0.6 is 0 Å². The lowest BCUT2D eigenvalue weighted by Crippen LogP contribution is -2.19. The van der Waals surface area contributed by atoms with Gasteiger partial charge in [-0.1, -0.05) is 6.07 Å². The van der Waals surface area contributed by atoms with Crippen molar-refractivity contribution < 1.29 is 14.3 Å². The van der Waals surface area contributed by atoms with E-state index in [0.717, 1.165) is 5.56 Å². The lowest BCUT2D eigenvalue weighted by atomic mass is 10.2. The van der Waals surface area contributed by atoms with Gasteiger partial charge in [-0.2, -0.15) is 5.10 Å². The van der Waals surface area contributed by atoms with Crippen LogP contribution in [0.15, 0.2) is 47.8 Å². The fourth-order valence-electron chi connectivity index (χ4n) is 1.88. The highest BCUT2D eigenvalue weighted by molar-refractivity contribution is 6.00. The largest absolute Gasteiger partial charge is 0.454 e. The monoisotopic (exact) mass is 283 g/mol. The minimum atomic E-state index is -0.309. The Balaban J connectivity index is 1.72. The summed E-state index contributed by atoms with van der Waals surface area (Å²) in [6.45, 7) is 1.98. The van der Waals surface area contributed by atoms with Gasteiger partial charge in [-0.3, -0.25) is 9.78 Å². The van der Waals surface area contributed by atoms with E-state index >= 15 is 0 Å². The molecule has 0 aliphatic carbocycles. The van der Waals surface area contributed by atoms with Crippen LogP contribution in [0.2, 0.25) is 0 Å². The van der Waals surface area contributed by atoms with Crippen molar-refractivity contribution in [2.75, 3.05) is 6.79 Å². The molecule has 0 unspecified atom stereocenters. The van der Waals surface area contributed by atoms with Crippen LogP contribution in [0.5, 0.6) is 11.5 Å². The standard InChI is InChI=1S/C15H13N3O3/c1-10(12-3-2-6-16-8-12)17-18-15(19)11-4-5-13-14(7-11)21-9-20-13/h2-8H,9H2,1H3,(H,18,19). The number of pyridine rings is 1. The second-order valence-corrected chi connectivity index (χ2v) is 4.45. The van der Waals surface area contributed by atoms with E-state index in [2.05, 4.69) is 15.5 Å². The molecule has 1 amide bonds. The molecule has 0 saturated carbocycles. The zero-order chi connectivity index (χ0) is 14.7. The predicted molar refractivity (Wildman–Crippen MR) is 76.5 cm³/mol. The van der Waals surface area contributed by atoms with Crippen molar-refractivity contribution in [3.05, 3.63) is 53.9 Å². The number of nitrogens with zero attached hydrogens (tertiary/aromatic N) is 2. The molecule has 0 atom stereocenters. The molecule has 2 heterocycles. The zero-order valence-electron chi connectivity index (χ0n) is 11.4. The molecule has 3 rings (SSSR count). The van der Waals surface area contributed by atoms with E-state index in [0.29, 0.717) is 22.8 Å². The molecule has 106 valence electrons. The summed E-state index contributed by atoms with van der Waals surface area (Å²) >= 11 is 0. The summed E-state index contributed by atoms with van der Waals surface area (Å²) in [6, 6.07) is 8.69. The Kier molecular flexibility index (Phi) is 3.51. The van der Waals surface area contributed by atoms with Crippen LogP contribution in [-0.4, -0.2) is 23.4 Å². The maximum absolute atomic E-state index is 12.1. The number of hydrazone groups is 1. The molecule has 0 bridgehead atoms. The Labute approximate surface area is 121 Å². The Morgan fingerprint density at radius 2 is 2.10 bits per heavy atom. The molecule has 2 aromatic rings. The second kappa shape index (κ2) is 5.62. The van der Waals surface area contributed by atoms with Crippen molar-refractivity contribution in [2.45, 2.75) is 6.92 Å². The number of aromatic nitrogens is 1. The van der Waals surface area contributed by atoms with E-state index < -0.39 is 0 Å². The fraction of sp³-hybridized carbons (Fsp3) is 0.133. The number of fused-ring (bicyclic) bond motifs is 1. The summed E-state index contributed by atoms with van der Waals surface area (Å²) in [6.07, 6.45) is 3.37. The molecule has 21 heavy (non-hydrogen) atoms. The van der Waals surface area contributed by atoms with Gasteiger partial charge in [0, 0.05) is 23.5 Å². The Bertz CT molecular complexity index is 699. The first-order chi connectivity index (χ1) is 10.2. The number of carbonyl (C=O) groups excluding carboxylic acids is 1. The number of carbonyl (C=O) groups is 1. The van der Waals surface area contributed by atoms with Crippen molar-refractivity contribution in [1.29, 1.82) is 0 Å². The molecule has 6 nitrogen and oxygen atoms in total. The maximum Gasteiger partial charge on any atom is 0.271 e. The van der Waals surface area contributed by atoms with Gasteiger partial charge in [-0.15, -0.1) is 0 Å². The van der Waals surface area contributed by atoms with Crippen LogP contribution in [0.1, 0.15) is 22.8 Å². The van der Waals surface area contributed by atoms with Crippen LogP contribution < -0.4 is 14.9 Å². The summed E-state index contributed by atoms with van der Waals surface area (Å²) in [5, 5.41) is 4.07. The number of benzene rings is 1. The van der Waals surface area contributed by atoms with Gasteiger partial charge >= 0.3 is 0 Å². The molecule has 0 saturated heterocycles. The highest BCUT2D eigenvalue weighted by Gasteiger charge is 2.15. The van der Waals surface area contributed by atoms with E-state index in [4.69, 9.17) is 9.47 Å². The van der Waals surface area contributed by atoms with E-state index in [1.165, 1.54) is 0 Å². The van der Waals surface area contributed by atoms with Crippen molar-refractivity contribution in [3.8, 4) is 11.5 Å². The molecule has 6 heteroatoms. The number of hydrogen-bond donors (Lipinski definition) is 1. The first-order valence-corrected chi connectivity index (χ1v) is 6.39. The number of rotatable bonds is 3. The number of amides is 1. The normalized spacial score (nSPS) is 13.1. The minimum Gasteiger partial charge on any atom is -0.454 e. The summed E-state index contributed by atoms with van der Waals surface area (Å²) in [7, 11) is 0. The third kappa shape index (κ3) is 2.84. The van der Waals surface area contributed by atoms with Crippen LogP contribution in [-0.2, 0) is 0 Å². The molecule has 1 aliphatic heterocycles. The smallest absolute Gasteiger partial charge is 0.271 e. The third-order valence-electron chi connectivity index (χ3n) is 3.04. The molecule has 0 spiro atoms. The maximum atomic E-state index is 12.1. The van der Waals surface area contributed by atoms with Crippen molar-refractivity contribution in [2.24, 2.45) is 5.10 Å². The summed E-state index contributed by atoms with van der Waals surface area (Å²) in [5.74, 6) is 0.897. The van der Waals surface area contributed by atoms with E-state index in [1.54, 1.807) is 37.5 Å². The average molecular weight is 283 g/mol. The topological polar surface area (TPSA) is 72.8 Å². The molecular formula is C15H13N3O3. The van der Waals surface area contributed by atoms with E-state index in [-0.39, 0.29) is 12.7 Å². The highest BCUT2D eigenvalue weighted by Crippen LogP contribution is 2.32. The highest BCUT2D eigenvalue weighted by atomic mass is 16.7. The summed E-state index contributed by atoms with van der Waals surface area (Å²) in [5.41, 5.74) is 4.50. The van der Waals surface area contributed by atoms with Crippen molar-refractivity contribution >= 4 is 11.6 Å². The number of hydrogen-bond acceptors (Lipinski definition) is 5. The van der Waals surface area contributed by atoms with E-state index in [9.17, 15) is 4.79 Å². The number of ether oxygens (including phenoxy) is 2. The first-order valence-electron chi connectivity index (χ1n) is 6.39. The Morgan fingerprint density at radius 3 is 2.90 bits per heavy atom. The fourth-order valence-corrected chi connectivity index (χ4v) is 1.88. The predicted octanol–water partition coefficient (Wildman–Crippen LogP) is 1.96. The SMILES string of the molecule is CC(=NNC(=O)c1ccc2c(c1)OCO2)c1cccnc1. The van der Waals surface area contributed by atoms with Gasteiger partial charge in [0.25, 0.3) is 5.91 Å². The quantitative estimate of drug-likeness (QED) is 0.690. The van der Waals surface area contributed by atoms with Crippen LogP contribution in [0.4, 0.5) is 0 Å². The lowest BCUT2D eigenvalue weighted by Gasteiger charge is -2.03. The second-order valence-electron chi connectivity index (χ2n) is 4.45. The van der Waals surface area contributed by atoms with Crippen molar-refractivity contribution in [1.82, 2.24) is 10.4 Å².